The second-order valence-corrected chi connectivity index (χ2v) is 6.82. The molecule has 1 aliphatic heterocycles. The van der Waals surface area contributed by atoms with Gasteiger partial charge < -0.3 is 4.90 Å². The molecule has 0 saturated carbocycles. The Bertz CT molecular complexity index is 1160. The van der Waals surface area contributed by atoms with Crippen molar-refractivity contribution in [2.75, 3.05) is 0 Å². The van der Waals surface area contributed by atoms with E-state index in [1.807, 2.05) is 0 Å². The monoisotopic (exact) mass is 432 g/mol. The van der Waals surface area contributed by atoms with Gasteiger partial charge in [-0.25, -0.2) is 4.98 Å². The summed E-state index contributed by atoms with van der Waals surface area (Å²) in [4.78, 5) is 22.4. The summed E-state index contributed by atoms with van der Waals surface area (Å²) in [5, 5.41) is 7.47. The SMILES string of the molecule is C#C[C@@H]1Cn2c(nnc2-c2cnccn2)C(=O)N1Cc1cccc(C(F)(F)F)c1Cl. The molecule has 0 saturated heterocycles. The van der Waals surface area contributed by atoms with Crippen molar-refractivity contribution in [3.63, 3.8) is 0 Å². The predicted molar refractivity (Wildman–Crippen MR) is 100.0 cm³/mol. The number of alkyl halides is 3. The molecule has 3 aromatic rings. The number of rotatable bonds is 3. The van der Waals surface area contributed by atoms with Crippen LogP contribution in [-0.4, -0.2) is 41.6 Å². The van der Waals surface area contributed by atoms with Gasteiger partial charge in [-0.2, -0.15) is 13.2 Å². The van der Waals surface area contributed by atoms with E-state index in [1.165, 1.54) is 40.2 Å². The van der Waals surface area contributed by atoms with Gasteiger partial charge in [0, 0.05) is 18.9 Å². The standard InChI is InChI=1S/C19H12ClF3N6O/c1-2-12-10-29-16(14-8-24-6-7-25-14)26-27-17(29)18(30)28(12)9-11-4-3-5-13(15(11)20)19(21,22)23/h1,3-8,12H,9-10H2/t12-/m1/s1. The molecule has 1 aliphatic rings. The molecule has 2 aromatic heterocycles. The van der Waals surface area contributed by atoms with Crippen LogP contribution in [0.15, 0.2) is 36.8 Å². The summed E-state index contributed by atoms with van der Waals surface area (Å²) < 4.78 is 41.0. The number of amides is 1. The molecular formula is C19H12ClF3N6O. The van der Waals surface area contributed by atoms with E-state index in [0.717, 1.165) is 6.07 Å². The van der Waals surface area contributed by atoms with Crippen molar-refractivity contribution in [3.8, 4) is 23.9 Å². The van der Waals surface area contributed by atoms with E-state index < -0.39 is 28.7 Å². The first-order chi connectivity index (χ1) is 14.3. The van der Waals surface area contributed by atoms with Crippen LogP contribution in [-0.2, 0) is 19.3 Å². The number of hydrogen-bond donors (Lipinski definition) is 0. The van der Waals surface area contributed by atoms with Crippen molar-refractivity contribution < 1.29 is 18.0 Å². The van der Waals surface area contributed by atoms with Crippen molar-refractivity contribution in [2.45, 2.75) is 25.3 Å². The molecule has 3 heterocycles. The van der Waals surface area contributed by atoms with Crippen LogP contribution >= 0.6 is 11.6 Å². The van der Waals surface area contributed by atoms with Gasteiger partial charge >= 0.3 is 6.18 Å². The van der Waals surface area contributed by atoms with Gasteiger partial charge in [0.15, 0.2) is 5.82 Å². The van der Waals surface area contributed by atoms with Crippen LogP contribution in [0.3, 0.4) is 0 Å². The minimum Gasteiger partial charge on any atom is -0.316 e. The molecule has 0 radical (unpaired) electrons. The summed E-state index contributed by atoms with van der Waals surface area (Å²) in [6.07, 6.45) is 5.45. The Morgan fingerprint density at radius 1 is 1.23 bits per heavy atom. The summed E-state index contributed by atoms with van der Waals surface area (Å²) in [6, 6.07) is 2.79. The van der Waals surface area contributed by atoms with Gasteiger partial charge in [-0.15, -0.1) is 16.6 Å². The minimum atomic E-state index is -4.61. The highest BCUT2D eigenvalue weighted by Gasteiger charge is 2.37. The largest absolute Gasteiger partial charge is 0.417 e. The molecule has 4 rings (SSSR count). The molecule has 1 aromatic carbocycles. The third-order valence-corrected chi connectivity index (χ3v) is 5.09. The first-order valence-electron chi connectivity index (χ1n) is 8.62. The van der Waals surface area contributed by atoms with E-state index in [1.54, 1.807) is 0 Å². The quantitative estimate of drug-likeness (QED) is 0.594. The molecule has 30 heavy (non-hydrogen) atoms. The molecule has 0 spiro atoms. The molecule has 0 bridgehead atoms. The minimum absolute atomic E-state index is 0.00486. The summed E-state index contributed by atoms with van der Waals surface area (Å²) in [5.41, 5.74) is -0.437. The second kappa shape index (κ2) is 7.42. The van der Waals surface area contributed by atoms with Crippen LogP contribution in [0.2, 0.25) is 5.02 Å². The molecule has 11 heteroatoms. The fourth-order valence-corrected chi connectivity index (χ4v) is 3.50. The van der Waals surface area contributed by atoms with E-state index in [4.69, 9.17) is 18.0 Å². The Kier molecular flexibility index (Phi) is 4.91. The number of benzene rings is 1. The maximum atomic E-state index is 13.2. The average Bonchev–Trinajstić information content (AvgIpc) is 3.15. The fraction of sp³-hybridized carbons (Fsp3) is 0.211. The normalized spacial score (nSPS) is 16.3. The summed E-state index contributed by atoms with van der Waals surface area (Å²) in [7, 11) is 0. The van der Waals surface area contributed by atoms with Gasteiger partial charge in [0.05, 0.1) is 23.3 Å². The number of carbonyl (C=O) groups is 1. The van der Waals surface area contributed by atoms with Crippen LogP contribution in [0.5, 0.6) is 0 Å². The number of halogens is 4. The van der Waals surface area contributed by atoms with Crippen molar-refractivity contribution in [3.05, 3.63) is 58.8 Å². The van der Waals surface area contributed by atoms with Crippen LogP contribution in [0, 0.1) is 12.3 Å². The van der Waals surface area contributed by atoms with Crippen LogP contribution < -0.4 is 0 Å². The van der Waals surface area contributed by atoms with Crippen LogP contribution in [0.4, 0.5) is 13.2 Å². The van der Waals surface area contributed by atoms with E-state index >= 15 is 0 Å². The summed E-state index contributed by atoms with van der Waals surface area (Å²) >= 11 is 5.98. The smallest absolute Gasteiger partial charge is 0.316 e. The number of fused-ring (bicyclic) bond motifs is 1. The van der Waals surface area contributed by atoms with Gasteiger partial charge in [0.2, 0.25) is 5.82 Å². The number of hydrogen-bond acceptors (Lipinski definition) is 5. The second-order valence-electron chi connectivity index (χ2n) is 6.44. The third-order valence-electron chi connectivity index (χ3n) is 4.64. The molecule has 1 amide bonds. The maximum Gasteiger partial charge on any atom is 0.417 e. The topological polar surface area (TPSA) is 76.8 Å². The number of terminal acetylenes is 1. The van der Waals surface area contributed by atoms with Crippen molar-refractivity contribution in [1.82, 2.24) is 29.6 Å². The zero-order chi connectivity index (χ0) is 21.5. The maximum absolute atomic E-state index is 13.2. The molecule has 152 valence electrons. The Balaban J connectivity index is 1.70. The van der Waals surface area contributed by atoms with E-state index in [-0.39, 0.29) is 24.5 Å². The van der Waals surface area contributed by atoms with Crippen molar-refractivity contribution in [2.24, 2.45) is 0 Å². The lowest BCUT2D eigenvalue weighted by molar-refractivity contribution is -0.137. The first-order valence-corrected chi connectivity index (χ1v) is 9.00. The highest BCUT2D eigenvalue weighted by atomic mass is 35.5. The van der Waals surface area contributed by atoms with Gasteiger partial charge in [-0.3, -0.25) is 14.3 Å². The molecular weight excluding hydrogens is 421 g/mol. The highest BCUT2D eigenvalue weighted by molar-refractivity contribution is 6.32. The highest BCUT2D eigenvalue weighted by Crippen LogP contribution is 2.37. The van der Waals surface area contributed by atoms with Gasteiger partial charge in [0.25, 0.3) is 5.91 Å². The first kappa shape index (κ1) is 19.8. The van der Waals surface area contributed by atoms with Gasteiger partial charge in [0.1, 0.15) is 11.7 Å². The Hall–Kier alpha value is -3.45. The zero-order valence-electron chi connectivity index (χ0n) is 15.1. The Labute approximate surface area is 173 Å². The Morgan fingerprint density at radius 3 is 2.67 bits per heavy atom. The van der Waals surface area contributed by atoms with Crippen LogP contribution in [0.1, 0.15) is 21.7 Å². The van der Waals surface area contributed by atoms with E-state index in [0.29, 0.717) is 11.5 Å². The molecule has 0 unspecified atom stereocenters. The lowest BCUT2D eigenvalue weighted by Gasteiger charge is -2.33. The number of carbonyl (C=O) groups excluding carboxylic acids is 1. The summed E-state index contributed by atoms with van der Waals surface area (Å²) in [5.74, 6) is 2.26. The predicted octanol–water partition coefficient (Wildman–Crippen LogP) is 3.07. The van der Waals surface area contributed by atoms with Crippen LogP contribution in [0.25, 0.3) is 11.5 Å². The summed E-state index contributed by atoms with van der Waals surface area (Å²) in [6.45, 7) is -0.0587. The molecule has 1 atom stereocenters. The number of aromatic nitrogens is 5. The van der Waals surface area contributed by atoms with Gasteiger partial charge in [-0.05, 0) is 11.6 Å². The molecule has 0 aliphatic carbocycles. The Morgan fingerprint density at radius 2 is 2.00 bits per heavy atom. The van der Waals surface area contributed by atoms with E-state index in [9.17, 15) is 18.0 Å². The average molecular weight is 433 g/mol. The lowest BCUT2D eigenvalue weighted by atomic mass is 10.1. The van der Waals surface area contributed by atoms with Crippen molar-refractivity contribution in [1.29, 1.82) is 0 Å². The fourth-order valence-electron chi connectivity index (χ4n) is 3.21. The molecule has 7 nitrogen and oxygen atoms in total. The number of nitrogens with zero attached hydrogens (tertiary/aromatic N) is 6. The molecule has 0 fully saturated rings. The van der Waals surface area contributed by atoms with Crippen molar-refractivity contribution >= 4 is 17.5 Å². The lowest BCUT2D eigenvalue weighted by Crippen LogP contribution is -2.47. The van der Waals surface area contributed by atoms with E-state index in [2.05, 4.69) is 26.1 Å². The zero-order valence-corrected chi connectivity index (χ0v) is 15.9. The van der Waals surface area contributed by atoms with Gasteiger partial charge in [-0.1, -0.05) is 29.7 Å². The molecule has 0 N–H and O–H groups in total. The third kappa shape index (κ3) is 3.37.